The van der Waals surface area contributed by atoms with Crippen molar-refractivity contribution in [3.63, 3.8) is 0 Å². The van der Waals surface area contributed by atoms with Crippen LogP contribution in [0.4, 0.5) is 5.13 Å². The lowest BCUT2D eigenvalue weighted by Gasteiger charge is -2.23. The maximum absolute atomic E-state index is 13.3. The van der Waals surface area contributed by atoms with Crippen LogP contribution < -0.4 is 9.64 Å². The highest BCUT2D eigenvalue weighted by Gasteiger charge is 2.48. The van der Waals surface area contributed by atoms with Gasteiger partial charge in [0.1, 0.15) is 11.5 Å². The number of carbonyl (C=O) groups excluding carboxylic acids is 3. The van der Waals surface area contributed by atoms with Gasteiger partial charge >= 0.3 is 5.91 Å². The summed E-state index contributed by atoms with van der Waals surface area (Å²) in [6, 6.07) is 14.8. The molecule has 4 rings (SSSR count). The molecule has 2 aromatic carbocycles. The minimum absolute atomic E-state index is 0.0407. The van der Waals surface area contributed by atoms with Gasteiger partial charge in [-0.05, 0) is 31.0 Å². The Labute approximate surface area is 201 Å². The Balaban J connectivity index is 1.92. The van der Waals surface area contributed by atoms with Crippen LogP contribution in [0.25, 0.3) is 5.76 Å². The molecule has 1 atom stereocenters. The lowest BCUT2D eigenvalue weighted by atomic mass is 9.95. The highest BCUT2D eigenvalue weighted by Crippen LogP contribution is 2.44. The van der Waals surface area contributed by atoms with Crippen LogP contribution in [0.1, 0.15) is 52.8 Å². The molecule has 0 saturated carbocycles. The predicted molar refractivity (Wildman–Crippen MR) is 130 cm³/mol. The number of Topliss-reactive ketones (excluding diaryl/α,β-unsaturated/α-hetero) is 2. The van der Waals surface area contributed by atoms with Crippen molar-refractivity contribution >= 4 is 39.7 Å². The molecular formula is C26H24N2O5S. The molecule has 0 bridgehead atoms. The molecular weight excluding hydrogens is 452 g/mol. The van der Waals surface area contributed by atoms with Crippen molar-refractivity contribution in [2.45, 2.75) is 33.2 Å². The van der Waals surface area contributed by atoms with E-state index in [4.69, 9.17) is 4.74 Å². The van der Waals surface area contributed by atoms with E-state index in [2.05, 4.69) is 4.98 Å². The zero-order chi connectivity index (χ0) is 24.4. The van der Waals surface area contributed by atoms with Gasteiger partial charge in [-0.15, -0.1) is 0 Å². The molecule has 1 N–H and O–H groups in total. The Morgan fingerprint density at radius 2 is 1.88 bits per heavy atom. The Morgan fingerprint density at radius 3 is 2.53 bits per heavy atom. The summed E-state index contributed by atoms with van der Waals surface area (Å²) < 4.78 is 5.76. The molecule has 1 aliphatic heterocycles. The highest BCUT2D eigenvalue weighted by atomic mass is 32.1. The molecule has 2 heterocycles. The maximum atomic E-state index is 13.3. The van der Waals surface area contributed by atoms with Crippen LogP contribution in [0, 0.1) is 6.92 Å². The quantitative estimate of drug-likeness (QED) is 0.221. The number of amides is 1. The first-order valence-corrected chi connectivity index (χ1v) is 11.7. The first-order valence-electron chi connectivity index (χ1n) is 10.9. The summed E-state index contributed by atoms with van der Waals surface area (Å²) >= 11 is 1.05. The SMILES string of the molecule is CCCOc1cccc(C2C(=C(O)c3ccccc3)C(=O)C(=O)N2c2nc(C)c(C(C)=O)s2)c1. The molecule has 7 nitrogen and oxygen atoms in total. The molecule has 3 aromatic rings. The number of hydrogen-bond acceptors (Lipinski definition) is 7. The minimum atomic E-state index is -0.934. The van der Waals surface area contributed by atoms with Crippen molar-refractivity contribution in [3.05, 3.63) is 81.9 Å². The summed E-state index contributed by atoms with van der Waals surface area (Å²) in [6.07, 6.45) is 0.822. The number of rotatable bonds is 7. The largest absolute Gasteiger partial charge is 0.507 e. The van der Waals surface area contributed by atoms with Gasteiger partial charge in [0, 0.05) is 12.5 Å². The molecule has 0 radical (unpaired) electrons. The van der Waals surface area contributed by atoms with Crippen molar-refractivity contribution in [1.82, 2.24) is 4.98 Å². The average molecular weight is 477 g/mol. The second-order valence-corrected chi connectivity index (χ2v) is 8.90. The van der Waals surface area contributed by atoms with Crippen molar-refractivity contribution in [3.8, 4) is 5.75 Å². The third-order valence-corrected chi connectivity index (χ3v) is 6.71. The fraction of sp³-hybridized carbons (Fsp3) is 0.231. The number of aliphatic hydroxyl groups excluding tert-OH is 1. The summed E-state index contributed by atoms with van der Waals surface area (Å²) in [5.74, 6) is -1.49. The Morgan fingerprint density at radius 1 is 1.15 bits per heavy atom. The van der Waals surface area contributed by atoms with Crippen LogP contribution in [0.2, 0.25) is 0 Å². The summed E-state index contributed by atoms with van der Waals surface area (Å²) in [7, 11) is 0. The Bertz CT molecular complexity index is 1300. The van der Waals surface area contributed by atoms with Crippen molar-refractivity contribution in [2.75, 3.05) is 11.5 Å². The van der Waals surface area contributed by atoms with Gasteiger partial charge in [-0.3, -0.25) is 19.3 Å². The summed E-state index contributed by atoms with van der Waals surface area (Å²) in [4.78, 5) is 44.6. The van der Waals surface area contributed by atoms with E-state index in [1.807, 2.05) is 6.92 Å². The van der Waals surface area contributed by atoms with E-state index < -0.39 is 17.7 Å². The molecule has 34 heavy (non-hydrogen) atoms. The number of ether oxygens (including phenoxy) is 1. The monoisotopic (exact) mass is 476 g/mol. The van der Waals surface area contributed by atoms with Crippen molar-refractivity contribution in [1.29, 1.82) is 0 Å². The van der Waals surface area contributed by atoms with Crippen LogP contribution in [0.5, 0.6) is 5.75 Å². The first kappa shape index (κ1) is 23.4. The summed E-state index contributed by atoms with van der Waals surface area (Å²) in [6.45, 7) is 5.63. The summed E-state index contributed by atoms with van der Waals surface area (Å²) in [5, 5.41) is 11.4. The normalized spacial score (nSPS) is 17.3. The Kier molecular flexibility index (Phi) is 6.61. The van der Waals surface area contributed by atoms with Crippen molar-refractivity contribution < 1.29 is 24.2 Å². The van der Waals surface area contributed by atoms with Crippen LogP contribution in [-0.4, -0.2) is 34.2 Å². The van der Waals surface area contributed by atoms with Gasteiger partial charge < -0.3 is 9.84 Å². The summed E-state index contributed by atoms with van der Waals surface area (Å²) in [5.41, 5.74) is 1.45. The number of benzene rings is 2. The number of carbonyl (C=O) groups is 3. The minimum Gasteiger partial charge on any atom is -0.507 e. The number of nitrogens with zero attached hydrogens (tertiary/aromatic N) is 2. The Hall–Kier alpha value is -3.78. The molecule has 1 unspecified atom stereocenters. The van der Waals surface area contributed by atoms with Crippen LogP contribution in [0.3, 0.4) is 0 Å². The van der Waals surface area contributed by atoms with Crippen molar-refractivity contribution in [2.24, 2.45) is 0 Å². The number of aliphatic hydroxyl groups is 1. The van der Waals surface area contributed by atoms with Gasteiger partial charge in [-0.25, -0.2) is 4.98 Å². The lowest BCUT2D eigenvalue weighted by Crippen LogP contribution is -2.29. The second-order valence-electron chi connectivity index (χ2n) is 7.92. The molecule has 174 valence electrons. The van der Waals surface area contributed by atoms with Gasteiger partial charge in [0.05, 0.1) is 28.8 Å². The maximum Gasteiger partial charge on any atom is 0.301 e. The van der Waals surface area contributed by atoms with Gasteiger partial charge in [0.25, 0.3) is 5.78 Å². The van der Waals surface area contributed by atoms with E-state index in [1.165, 1.54) is 11.8 Å². The van der Waals surface area contributed by atoms with Crippen LogP contribution in [-0.2, 0) is 9.59 Å². The second kappa shape index (κ2) is 9.61. The number of aromatic nitrogens is 1. The van der Waals surface area contributed by atoms with Crippen LogP contribution in [0.15, 0.2) is 60.2 Å². The average Bonchev–Trinajstić information content (AvgIpc) is 3.35. The molecule has 1 fully saturated rings. The fourth-order valence-corrected chi connectivity index (χ4v) is 4.89. The standard InChI is InChI=1S/C26H24N2O5S/c1-4-13-33-19-12-8-11-18(14-19)21-20(22(30)17-9-6-5-7-10-17)23(31)25(32)28(21)26-27-15(2)24(34-26)16(3)29/h5-12,14,21,30H,4,13H2,1-3H3. The van der Waals surface area contributed by atoms with Gasteiger partial charge in [-0.1, -0.05) is 60.7 Å². The smallest absolute Gasteiger partial charge is 0.301 e. The van der Waals surface area contributed by atoms with E-state index in [-0.39, 0.29) is 22.2 Å². The highest BCUT2D eigenvalue weighted by molar-refractivity contribution is 7.18. The zero-order valence-corrected chi connectivity index (χ0v) is 19.9. The van der Waals surface area contributed by atoms with E-state index in [0.717, 1.165) is 17.8 Å². The molecule has 1 aliphatic rings. The number of aryl methyl sites for hydroxylation is 1. The van der Waals surface area contributed by atoms with E-state index in [0.29, 0.717) is 34.1 Å². The molecule has 1 amide bonds. The molecule has 0 aliphatic carbocycles. The number of ketones is 2. The first-order chi connectivity index (χ1) is 16.3. The number of hydrogen-bond donors (Lipinski definition) is 1. The number of thiazole rings is 1. The van der Waals surface area contributed by atoms with E-state index in [9.17, 15) is 19.5 Å². The molecule has 1 aromatic heterocycles. The number of anilines is 1. The fourth-order valence-electron chi connectivity index (χ4n) is 3.90. The third-order valence-electron chi connectivity index (χ3n) is 5.45. The van der Waals surface area contributed by atoms with Crippen LogP contribution >= 0.6 is 11.3 Å². The zero-order valence-electron chi connectivity index (χ0n) is 19.1. The molecule has 8 heteroatoms. The predicted octanol–water partition coefficient (Wildman–Crippen LogP) is 5.07. The third kappa shape index (κ3) is 4.24. The van der Waals surface area contributed by atoms with E-state index >= 15 is 0 Å². The topological polar surface area (TPSA) is 96.8 Å². The van der Waals surface area contributed by atoms with Gasteiger partial charge in [0.2, 0.25) is 0 Å². The van der Waals surface area contributed by atoms with E-state index in [1.54, 1.807) is 61.5 Å². The van der Waals surface area contributed by atoms with Gasteiger partial charge in [0.15, 0.2) is 10.9 Å². The lowest BCUT2D eigenvalue weighted by molar-refractivity contribution is -0.132. The van der Waals surface area contributed by atoms with Gasteiger partial charge in [-0.2, -0.15) is 0 Å². The molecule has 1 saturated heterocycles. The molecule has 0 spiro atoms.